The van der Waals surface area contributed by atoms with Crippen molar-refractivity contribution in [2.75, 3.05) is 6.54 Å². The number of phenols is 2. The van der Waals surface area contributed by atoms with Crippen LogP contribution >= 0.6 is 11.3 Å². The van der Waals surface area contributed by atoms with Gasteiger partial charge in [-0.3, -0.25) is 4.79 Å². The van der Waals surface area contributed by atoms with Gasteiger partial charge in [-0.05, 0) is 54.9 Å². The van der Waals surface area contributed by atoms with Crippen LogP contribution in [0.5, 0.6) is 11.5 Å². The number of aromatic hydroxyl groups is 2. The molecule has 0 aliphatic heterocycles. The second-order valence-electron chi connectivity index (χ2n) is 6.23. The number of fused-ring (bicyclic) bond motifs is 1. The zero-order chi connectivity index (χ0) is 16.4. The molecule has 2 aromatic rings. The van der Waals surface area contributed by atoms with Crippen molar-refractivity contribution < 1.29 is 15.0 Å². The molecule has 1 aromatic carbocycles. The molecular weight excluding hydrogens is 310 g/mol. The SMILES string of the molecule is CC1CCc2c(C(=O)NCCc3ccc(O)c(O)c3)csc2C1. The van der Waals surface area contributed by atoms with Crippen LogP contribution in [0.1, 0.15) is 39.7 Å². The van der Waals surface area contributed by atoms with Crippen LogP contribution in [0.4, 0.5) is 0 Å². The zero-order valence-corrected chi connectivity index (χ0v) is 13.9. The normalized spacial score (nSPS) is 16.8. The van der Waals surface area contributed by atoms with Gasteiger partial charge in [0.15, 0.2) is 11.5 Å². The number of phenolic OH excluding ortho intramolecular Hbond substituents is 2. The van der Waals surface area contributed by atoms with Gasteiger partial charge >= 0.3 is 0 Å². The van der Waals surface area contributed by atoms with Gasteiger partial charge in [-0.2, -0.15) is 0 Å². The molecule has 0 saturated carbocycles. The Hall–Kier alpha value is -2.01. The maximum Gasteiger partial charge on any atom is 0.252 e. The summed E-state index contributed by atoms with van der Waals surface area (Å²) < 4.78 is 0. The summed E-state index contributed by atoms with van der Waals surface area (Å²) >= 11 is 1.70. The number of amides is 1. The maximum atomic E-state index is 12.4. The van der Waals surface area contributed by atoms with Gasteiger partial charge in [0, 0.05) is 16.8 Å². The van der Waals surface area contributed by atoms with Crippen LogP contribution in [-0.4, -0.2) is 22.7 Å². The fourth-order valence-corrected chi connectivity index (χ4v) is 4.25. The van der Waals surface area contributed by atoms with Crippen LogP contribution in [-0.2, 0) is 19.3 Å². The summed E-state index contributed by atoms with van der Waals surface area (Å²) in [5.74, 6) is 0.436. The topological polar surface area (TPSA) is 69.6 Å². The predicted octanol–water partition coefficient (Wildman–Crippen LogP) is 3.26. The molecule has 23 heavy (non-hydrogen) atoms. The Morgan fingerprint density at radius 1 is 1.35 bits per heavy atom. The number of carbonyl (C=O) groups excluding carboxylic acids is 1. The van der Waals surface area contributed by atoms with Crippen molar-refractivity contribution in [3.63, 3.8) is 0 Å². The van der Waals surface area contributed by atoms with Crippen molar-refractivity contribution in [1.82, 2.24) is 5.32 Å². The van der Waals surface area contributed by atoms with Crippen molar-refractivity contribution in [2.45, 2.75) is 32.6 Å². The van der Waals surface area contributed by atoms with E-state index in [0.29, 0.717) is 18.9 Å². The third-order valence-electron chi connectivity index (χ3n) is 4.39. The van der Waals surface area contributed by atoms with Gasteiger partial charge in [-0.25, -0.2) is 0 Å². The average Bonchev–Trinajstić information content (AvgIpc) is 2.93. The largest absolute Gasteiger partial charge is 0.504 e. The van der Waals surface area contributed by atoms with E-state index in [1.807, 2.05) is 5.38 Å². The minimum Gasteiger partial charge on any atom is -0.504 e. The molecule has 3 rings (SSSR count). The Balaban J connectivity index is 1.59. The lowest BCUT2D eigenvalue weighted by Crippen LogP contribution is -2.26. The van der Waals surface area contributed by atoms with Crippen LogP contribution in [0.2, 0.25) is 0 Å². The van der Waals surface area contributed by atoms with E-state index >= 15 is 0 Å². The highest BCUT2D eigenvalue weighted by atomic mass is 32.1. The van der Waals surface area contributed by atoms with Crippen LogP contribution in [0.3, 0.4) is 0 Å². The number of hydrogen-bond donors (Lipinski definition) is 3. The molecule has 1 unspecified atom stereocenters. The summed E-state index contributed by atoms with van der Waals surface area (Å²) in [6.07, 6.45) is 3.84. The van der Waals surface area contributed by atoms with Crippen molar-refractivity contribution in [3.05, 3.63) is 45.1 Å². The molecule has 122 valence electrons. The van der Waals surface area contributed by atoms with Crippen LogP contribution in [0.15, 0.2) is 23.6 Å². The first kappa shape index (κ1) is 15.9. The lowest BCUT2D eigenvalue weighted by molar-refractivity contribution is 0.0953. The molecule has 1 atom stereocenters. The van der Waals surface area contributed by atoms with Gasteiger partial charge in [-0.1, -0.05) is 13.0 Å². The fraction of sp³-hybridized carbons (Fsp3) is 0.389. The van der Waals surface area contributed by atoms with Gasteiger partial charge in [0.1, 0.15) is 0 Å². The second-order valence-corrected chi connectivity index (χ2v) is 7.19. The van der Waals surface area contributed by atoms with Crippen molar-refractivity contribution in [1.29, 1.82) is 0 Å². The third-order valence-corrected chi connectivity index (χ3v) is 5.44. The molecule has 3 N–H and O–H groups in total. The van der Waals surface area contributed by atoms with E-state index in [2.05, 4.69) is 12.2 Å². The Morgan fingerprint density at radius 3 is 2.96 bits per heavy atom. The van der Waals surface area contributed by atoms with Crippen LogP contribution < -0.4 is 5.32 Å². The average molecular weight is 331 g/mol. The van der Waals surface area contributed by atoms with Gasteiger partial charge in [0.25, 0.3) is 5.91 Å². The predicted molar refractivity (Wildman–Crippen MR) is 91.3 cm³/mol. The molecule has 1 aliphatic rings. The molecule has 0 radical (unpaired) electrons. The minimum absolute atomic E-state index is 0.0138. The summed E-state index contributed by atoms with van der Waals surface area (Å²) in [7, 11) is 0. The van der Waals surface area contributed by atoms with Gasteiger partial charge in [0.05, 0.1) is 5.56 Å². The summed E-state index contributed by atoms with van der Waals surface area (Å²) in [5.41, 5.74) is 2.93. The summed E-state index contributed by atoms with van der Waals surface area (Å²) in [6.45, 7) is 2.76. The Kier molecular flexibility index (Phi) is 4.57. The monoisotopic (exact) mass is 331 g/mol. The summed E-state index contributed by atoms with van der Waals surface area (Å²) in [4.78, 5) is 13.7. The standard InChI is InChI=1S/C18H21NO3S/c1-11-2-4-13-14(10-23-17(13)8-11)18(22)19-7-6-12-3-5-15(20)16(21)9-12/h3,5,9-11,20-21H,2,4,6-8H2,1H3,(H,19,22). The number of nitrogens with one attached hydrogen (secondary N) is 1. The zero-order valence-electron chi connectivity index (χ0n) is 13.1. The molecule has 5 heteroatoms. The molecule has 0 bridgehead atoms. The summed E-state index contributed by atoms with van der Waals surface area (Å²) in [6, 6.07) is 4.73. The first-order chi connectivity index (χ1) is 11.0. The first-order valence-corrected chi connectivity index (χ1v) is 8.81. The number of thiophene rings is 1. The van der Waals surface area contributed by atoms with Gasteiger partial charge in [-0.15, -0.1) is 11.3 Å². The highest BCUT2D eigenvalue weighted by Gasteiger charge is 2.22. The van der Waals surface area contributed by atoms with E-state index in [1.54, 1.807) is 17.4 Å². The highest BCUT2D eigenvalue weighted by Crippen LogP contribution is 2.32. The quantitative estimate of drug-likeness (QED) is 0.753. The molecule has 0 spiro atoms. The molecule has 1 aromatic heterocycles. The minimum atomic E-state index is -0.130. The van der Waals surface area contributed by atoms with Crippen molar-refractivity contribution in [2.24, 2.45) is 5.92 Å². The lowest BCUT2D eigenvalue weighted by Gasteiger charge is -2.18. The number of benzene rings is 1. The van der Waals surface area contributed by atoms with E-state index in [1.165, 1.54) is 22.6 Å². The molecule has 0 saturated heterocycles. The molecule has 1 aliphatic carbocycles. The molecular formula is C18H21NO3S. The van der Waals surface area contributed by atoms with Crippen molar-refractivity contribution in [3.8, 4) is 11.5 Å². The molecule has 1 heterocycles. The fourth-order valence-electron chi connectivity index (χ4n) is 3.01. The van der Waals surface area contributed by atoms with E-state index in [0.717, 1.165) is 30.4 Å². The second kappa shape index (κ2) is 6.62. The van der Waals surface area contributed by atoms with E-state index in [-0.39, 0.29) is 17.4 Å². The number of rotatable bonds is 4. The van der Waals surface area contributed by atoms with E-state index < -0.39 is 0 Å². The summed E-state index contributed by atoms with van der Waals surface area (Å²) in [5, 5.41) is 23.7. The van der Waals surface area contributed by atoms with E-state index in [9.17, 15) is 15.0 Å². The maximum absolute atomic E-state index is 12.4. The van der Waals surface area contributed by atoms with Gasteiger partial charge in [0.2, 0.25) is 0 Å². The Morgan fingerprint density at radius 2 is 2.17 bits per heavy atom. The third kappa shape index (κ3) is 3.50. The molecule has 4 nitrogen and oxygen atoms in total. The van der Waals surface area contributed by atoms with Crippen LogP contribution in [0.25, 0.3) is 0 Å². The van der Waals surface area contributed by atoms with E-state index in [4.69, 9.17) is 0 Å². The Bertz CT molecular complexity index is 723. The first-order valence-electron chi connectivity index (χ1n) is 7.93. The van der Waals surface area contributed by atoms with Gasteiger partial charge < -0.3 is 15.5 Å². The highest BCUT2D eigenvalue weighted by molar-refractivity contribution is 7.10. The molecule has 1 amide bonds. The van der Waals surface area contributed by atoms with Crippen molar-refractivity contribution >= 4 is 17.2 Å². The lowest BCUT2D eigenvalue weighted by atomic mass is 9.88. The Labute approximate surface area is 139 Å². The smallest absolute Gasteiger partial charge is 0.252 e. The van der Waals surface area contributed by atoms with Crippen LogP contribution in [0, 0.1) is 5.92 Å². The number of hydrogen-bond acceptors (Lipinski definition) is 4. The molecule has 0 fully saturated rings. The number of carbonyl (C=O) groups is 1.